The van der Waals surface area contributed by atoms with Crippen LogP contribution in [0.3, 0.4) is 0 Å². The highest BCUT2D eigenvalue weighted by molar-refractivity contribution is 6.30. The Hall–Kier alpha value is -1.39. The first kappa shape index (κ1) is 14.0. The van der Waals surface area contributed by atoms with Gasteiger partial charge in [0.15, 0.2) is 0 Å². The molecule has 0 aliphatic rings. The van der Waals surface area contributed by atoms with Crippen molar-refractivity contribution in [3.8, 4) is 0 Å². The molecule has 19 heavy (non-hydrogen) atoms. The molecular formula is C14H17ClFN3. The Morgan fingerprint density at radius 2 is 2.11 bits per heavy atom. The van der Waals surface area contributed by atoms with Crippen molar-refractivity contribution in [2.24, 2.45) is 5.73 Å². The molecule has 0 aliphatic heterocycles. The summed E-state index contributed by atoms with van der Waals surface area (Å²) in [5.41, 5.74) is 9.32. The summed E-state index contributed by atoms with van der Waals surface area (Å²) in [5, 5.41) is 4.56. The molecule has 2 rings (SSSR count). The Morgan fingerprint density at radius 1 is 1.42 bits per heavy atom. The van der Waals surface area contributed by atoms with Gasteiger partial charge in [0.25, 0.3) is 0 Å². The second-order valence-electron chi connectivity index (χ2n) is 4.74. The highest BCUT2D eigenvalue weighted by atomic mass is 35.5. The molecule has 0 amide bonds. The molecule has 1 unspecified atom stereocenters. The average molecular weight is 282 g/mol. The topological polar surface area (TPSA) is 43.8 Å². The van der Waals surface area contributed by atoms with Crippen molar-refractivity contribution >= 4 is 11.6 Å². The molecule has 0 bridgehead atoms. The van der Waals surface area contributed by atoms with E-state index in [-0.39, 0.29) is 16.9 Å². The van der Waals surface area contributed by atoms with Crippen molar-refractivity contribution in [1.29, 1.82) is 0 Å². The van der Waals surface area contributed by atoms with E-state index in [9.17, 15) is 4.39 Å². The van der Waals surface area contributed by atoms with Crippen LogP contribution < -0.4 is 5.73 Å². The molecule has 0 saturated heterocycles. The van der Waals surface area contributed by atoms with Crippen LogP contribution in [0.5, 0.6) is 0 Å². The number of aromatic nitrogens is 2. The maximum atomic E-state index is 13.9. The molecule has 102 valence electrons. The summed E-state index contributed by atoms with van der Waals surface area (Å²) in [6.45, 7) is 6.13. The molecule has 3 nitrogen and oxygen atoms in total. The minimum atomic E-state index is -0.390. The summed E-state index contributed by atoms with van der Waals surface area (Å²) in [5.74, 6) is -0.390. The molecule has 1 atom stereocenters. The van der Waals surface area contributed by atoms with Gasteiger partial charge in [-0.05, 0) is 26.8 Å². The van der Waals surface area contributed by atoms with Crippen LogP contribution in [-0.2, 0) is 6.54 Å². The standard InChI is InChI=1S/C14H17ClFN3/c1-8(17)13-9(2)18-19(10(13)3)7-11-5-4-6-12(15)14(11)16/h4-6,8H,7,17H2,1-3H3. The highest BCUT2D eigenvalue weighted by Gasteiger charge is 2.16. The molecular weight excluding hydrogens is 265 g/mol. The van der Waals surface area contributed by atoms with E-state index in [2.05, 4.69) is 5.10 Å². The third kappa shape index (κ3) is 2.65. The third-order valence-electron chi connectivity index (χ3n) is 3.24. The quantitative estimate of drug-likeness (QED) is 0.937. The lowest BCUT2D eigenvalue weighted by molar-refractivity contribution is 0.578. The molecule has 1 aromatic carbocycles. The molecule has 2 aromatic rings. The van der Waals surface area contributed by atoms with Gasteiger partial charge in [0, 0.05) is 22.9 Å². The van der Waals surface area contributed by atoms with E-state index in [4.69, 9.17) is 17.3 Å². The van der Waals surface area contributed by atoms with E-state index in [0.29, 0.717) is 12.1 Å². The molecule has 2 N–H and O–H groups in total. The van der Waals surface area contributed by atoms with Crippen molar-refractivity contribution in [3.63, 3.8) is 0 Å². The number of aryl methyl sites for hydroxylation is 1. The monoisotopic (exact) mass is 281 g/mol. The molecule has 0 radical (unpaired) electrons. The maximum absolute atomic E-state index is 13.9. The van der Waals surface area contributed by atoms with E-state index < -0.39 is 0 Å². The summed E-state index contributed by atoms with van der Waals surface area (Å²) in [6.07, 6.45) is 0. The van der Waals surface area contributed by atoms with E-state index >= 15 is 0 Å². The zero-order valence-electron chi connectivity index (χ0n) is 11.2. The van der Waals surface area contributed by atoms with Crippen LogP contribution in [-0.4, -0.2) is 9.78 Å². The summed E-state index contributed by atoms with van der Waals surface area (Å²) < 4.78 is 15.7. The predicted octanol–water partition coefficient (Wildman–Crippen LogP) is 3.36. The van der Waals surface area contributed by atoms with Crippen LogP contribution in [0.1, 0.15) is 35.5 Å². The van der Waals surface area contributed by atoms with Crippen LogP contribution in [0, 0.1) is 19.7 Å². The number of halogens is 2. The van der Waals surface area contributed by atoms with Crippen molar-refractivity contribution in [2.75, 3.05) is 0 Å². The lowest BCUT2D eigenvalue weighted by Gasteiger charge is -2.09. The number of hydrogen-bond donors (Lipinski definition) is 1. The predicted molar refractivity (Wildman–Crippen MR) is 74.8 cm³/mol. The molecule has 0 spiro atoms. The van der Waals surface area contributed by atoms with Gasteiger partial charge in [-0.1, -0.05) is 23.7 Å². The fraction of sp³-hybridized carbons (Fsp3) is 0.357. The average Bonchev–Trinajstić information content (AvgIpc) is 2.60. The van der Waals surface area contributed by atoms with E-state index in [1.54, 1.807) is 16.8 Å². The van der Waals surface area contributed by atoms with Gasteiger partial charge in [0.2, 0.25) is 0 Å². The summed E-state index contributed by atoms with van der Waals surface area (Å²) in [7, 11) is 0. The summed E-state index contributed by atoms with van der Waals surface area (Å²) >= 11 is 5.78. The van der Waals surface area contributed by atoms with Crippen molar-refractivity contribution in [3.05, 3.63) is 51.6 Å². The van der Waals surface area contributed by atoms with Crippen molar-refractivity contribution in [2.45, 2.75) is 33.4 Å². The van der Waals surface area contributed by atoms with Crippen molar-refractivity contribution < 1.29 is 4.39 Å². The van der Waals surface area contributed by atoms with Gasteiger partial charge >= 0.3 is 0 Å². The first-order chi connectivity index (χ1) is 8.91. The second-order valence-corrected chi connectivity index (χ2v) is 5.15. The molecule has 0 aliphatic carbocycles. The van der Waals surface area contributed by atoms with Gasteiger partial charge in [-0.25, -0.2) is 4.39 Å². The maximum Gasteiger partial charge on any atom is 0.146 e. The van der Waals surface area contributed by atoms with Gasteiger partial charge in [0.1, 0.15) is 5.82 Å². The Morgan fingerprint density at radius 3 is 2.68 bits per heavy atom. The molecule has 0 saturated carbocycles. The zero-order chi connectivity index (χ0) is 14.2. The van der Waals surface area contributed by atoms with Gasteiger partial charge in [-0.3, -0.25) is 4.68 Å². The number of hydrogen-bond acceptors (Lipinski definition) is 2. The number of nitrogens with zero attached hydrogens (tertiary/aromatic N) is 2. The van der Waals surface area contributed by atoms with Gasteiger partial charge in [0.05, 0.1) is 17.3 Å². The Bertz CT molecular complexity index is 605. The SMILES string of the molecule is Cc1nn(Cc2cccc(Cl)c2F)c(C)c1C(C)N. The number of benzene rings is 1. The van der Waals surface area contributed by atoms with Gasteiger partial charge < -0.3 is 5.73 Å². The largest absolute Gasteiger partial charge is 0.324 e. The number of rotatable bonds is 3. The second kappa shape index (κ2) is 5.31. The lowest BCUT2D eigenvalue weighted by atomic mass is 10.1. The zero-order valence-corrected chi connectivity index (χ0v) is 12.0. The molecule has 5 heteroatoms. The molecule has 1 aromatic heterocycles. The highest BCUT2D eigenvalue weighted by Crippen LogP contribution is 2.22. The molecule has 0 fully saturated rings. The molecule has 1 heterocycles. The van der Waals surface area contributed by atoms with Crippen LogP contribution in [0.15, 0.2) is 18.2 Å². The fourth-order valence-corrected chi connectivity index (χ4v) is 2.55. The Labute approximate surface area is 117 Å². The van der Waals surface area contributed by atoms with E-state index in [1.807, 2.05) is 20.8 Å². The minimum absolute atomic E-state index is 0.0852. The fourth-order valence-electron chi connectivity index (χ4n) is 2.36. The van der Waals surface area contributed by atoms with Crippen LogP contribution in [0.25, 0.3) is 0 Å². The Kier molecular flexibility index (Phi) is 3.92. The van der Waals surface area contributed by atoms with E-state index in [1.165, 1.54) is 6.07 Å². The minimum Gasteiger partial charge on any atom is -0.324 e. The van der Waals surface area contributed by atoms with Crippen LogP contribution >= 0.6 is 11.6 Å². The van der Waals surface area contributed by atoms with Crippen molar-refractivity contribution in [1.82, 2.24) is 9.78 Å². The smallest absolute Gasteiger partial charge is 0.146 e. The summed E-state index contributed by atoms with van der Waals surface area (Å²) in [6, 6.07) is 4.90. The third-order valence-corrected chi connectivity index (χ3v) is 3.54. The Balaban J connectivity index is 2.39. The summed E-state index contributed by atoms with van der Waals surface area (Å²) in [4.78, 5) is 0. The van der Waals surface area contributed by atoms with Gasteiger partial charge in [-0.15, -0.1) is 0 Å². The van der Waals surface area contributed by atoms with Gasteiger partial charge in [-0.2, -0.15) is 5.10 Å². The normalized spacial score (nSPS) is 12.7. The first-order valence-corrected chi connectivity index (χ1v) is 6.52. The van der Waals surface area contributed by atoms with Crippen LogP contribution in [0.4, 0.5) is 4.39 Å². The van der Waals surface area contributed by atoms with E-state index in [0.717, 1.165) is 17.0 Å². The van der Waals surface area contributed by atoms with Crippen LogP contribution in [0.2, 0.25) is 5.02 Å². The number of nitrogens with two attached hydrogens (primary N) is 1. The first-order valence-electron chi connectivity index (χ1n) is 6.14. The lowest BCUT2D eigenvalue weighted by Crippen LogP contribution is -2.09.